The smallest absolute Gasteiger partial charge is 0.123 e. The van der Waals surface area contributed by atoms with Crippen molar-refractivity contribution in [1.29, 1.82) is 0 Å². The molecule has 2 heteroatoms. The first-order valence-electron chi connectivity index (χ1n) is 6.55. The first-order valence-corrected chi connectivity index (χ1v) is 6.55. The third kappa shape index (κ3) is 3.53. The van der Waals surface area contributed by atoms with E-state index in [9.17, 15) is 4.39 Å². The van der Waals surface area contributed by atoms with Gasteiger partial charge in [0.1, 0.15) is 5.82 Å². The molecular formula is C15H22FN. The molecule has 0 aromatic heterocycles. The molecule has 94 valence electrons. The fourth-order valence-corrected chi connectivity index (χ4v) is 3.01. The molecule has 0 heterocycles. The summed E-state index contributed by atoms with van der Waals surface area (Å²) in [5.74, 6) is 1.30. The maximum atomic E-state index is 12.9. The number of halogens is 1. The molecule has 0 aliphatic heterocycles. The van der Waals surface area contributed by atoms with Gasteiger partial charge < -0.3 is 4.90 Å². The summed E-state index contributed by atoms with van der Waals surface area (Å²) in [6.07, 6.45) is 5.16. The van der Waals surface area contributed by atoms with Crippen LogP contribution in [0.25, 0.3) is 0 Å². The molecule has 0 unspecified atom stereocenters. The van der Waals surface area contributed by atoms with Crippen LogP contribution in [0.2, 0.25) is 0 Å². The third-order valence-electron chi connectivity index (χ3n) is 3.75. The second-order valence-electron chi connectivity index (χ2n) is 5.54. The van der Waals surface area contributed by atoms with E-state index in [1.165, 1.54) is 37.8 Å². The van der Waals surface area contributed by atoms with Crippen molar-refractivity contribution in [3.63, 3.8) is 0 Å². The van der Waals surface area contributed by atoms with Crippen molar-refractivity contribution in [3.05, 3.63) is 35.6 Å². The van der Waals surface area contributed by atoms with Crippen LogP contribution in [-0.2, 0) is 0 Å². The van der Waals surface area contributed by atoms with Gasteiger partial charge in [0.15, 0.2) is 0 Å². The molecule has 1 aliphatic carbocycles. The normalized spacial score (nSPS) is 25.2. The van der Waals surface area contributed by atoms with Crippen LogP contribution in [0, 0.1) is 11.7 Å². The van der Waals surface area contributed by atoms with Gasteiger partial charge in [-0.05, 0) is 62.9 Å². The van der Waals surface area contributed by atoms with Crippen molar-refractivity contribution >= 4 is 0 Å². The molecule has 0 radical (unpaired) electrons. The molecule has 1 aromatic rings. The van der Waals surface area contributed by atoms with Gasteiger partial charge in [-0.3, -0.25) is 0 Å². The Hall–Kier alpha value is -0.890. The Balaban J connectivity index is 1.99. The largest absolute Gasteiger partial charge is 0.309 e. The maximum Gasteiger partial charge on any atom is 0.123 e. The SMILES string of the molecule is CN(C)C[C@@H]1CCC[C@@H](c2ccc(F)cc2)C1. The molecule has 0 amide bonds. The Morgan fingerprint density at radius 1 is 1.18 bits per heavy atom. The second-order valence-corrected chi connectivity index (χ2v) is 5.54. The molecule has 1 nitrogen and oxygen atoms in total. The van der Waals surface area contributed by atoms with Crippen LogP contribution in [0.15, 0.2) is 24.3 Å². The Morgan fingerprint density at radius 3 is 2.53 bits per heavy atom. The highest BCUT2D eigenvalue weighted by Gasteiger charge is 2.23. The summed E-state index contributed by atoms with van der Waals surface area (Å²) in [6.45, 7) is 1.18. The molecule has 1 aliphatic rings. The minimum atomic E-state index is -0.130. The van der Waals surface area contributed by atoms with Gasteiger partial charge in [-0.15, -0.1) is 0 Å². The van der Waals surface area contributed by atoms with Gasteiger partial charge in [0.25, 0.3) is 0 Å². The maximum absolute atomic E-state index is 12.9. The average Bonchev–Trinajstić information content (AvgIpc) is 2.29. The van der Waals surface area contributed by atoms with Crippen LogP contribution in [0.1, 0.15) is 37.2 Å². The van der Waals surface area contributed by atoms with E-state index in [2.05, 4.69) is 19.0 Å². The van der Waals surface area contributed by atoms with E-state index in [0.29, 0.717) is 5.92 Å². The molecule has 17 heavy (non-hydrogen) atoms. The Kier molecular flexibility index (Phi) is 4.16. The van der Waals surface area contributed by atoms with Gasteiger partial charge >= 0.3 is 0 Å². The van der Waals surface area contributed by atoms with Gasteiger partial charge in [-0.1, -0.05) is 18.6 Å². The molecule has 2 rings (SSSR count). The molecule has 1 fully saturated rings. The van der Waals surface area contributed by atoms with E-state index >= 15 is 0 Å². The number of hydrogen-bond donors (Lipinski definition) is 0. The van der Waals surface area contributed by atoms with Crippen LogP contribution in [-0.4, -0.2) is 25.5 Å². The zero-order valence-electron chi connectivity index (χ0n) is 10.8. The van der Waals surface area contributed by atoms with Crippen molar-refractivity contribution in [3.8, 4) is 0 Å². The van der Waals surface area contributed by atoms with Crippen molar-refractivity contribution in [2.24, 2.45) is 5.92 Å². The Labute approximate surface area is 104 Å². The van der Waals surface area contributed by atoms with E-state index < -0.39 is 0 Å². The van der Waals surface area contributed by atoms with Crippen molar-refractivity contribution in [2.75, 3.05) is 20.6 Å². The molecule has 0 N–H and O–H groups in total. The van der Waals surface area contributed by atoms with E-state index in [1.807, 2.05) is 12.1 Å². The number of rotatable bonds is 3. The molecule has 1 aromatic carbocycles. The van der Waals surface area contributed by atoms with Crippen LogP contribution >= 0.6 is 0 Å². The van der Waals surface area contributed by atoms with Crippen molar-refractivity contribution in [2.45, 2.75) is 31.6 Å². The minimum Gasteiger partial charge on any atom is -0.309 e. The van der Waals surface area contributed by atoms with Crippen LogP contribution in [0.5, 0.6) is 0 Å². The molecule has 1 saturated carbocycles. The zero-order valence-corrected chi connectivity index (χ0v) is 10.8. The van der Waals surface area contributed by atoms with Gasteiger partial charge in [0, 0.05) is 6.54 Å². The van der Waals surface area contributed by atoms with Crippen molar-refractivity contribution in [1.82, 2.24) is 4.90 Å². The lowest BCUT2D eigenvalue weighted by atomic mass is 9.78. The monoisotopic (exact) mass is 235 g/mol. The average molecular weight is 235 g/mol. The predicted molar refractivity (Wildman–Crippen MR) is 69.7 cm³/mol. The van der Waals surface area contributed by atoms with E-state index in [1.54, 1.807) is 12.1 Å². The lowest BCUT2D eigenvalue weighted by molar-refractivity contribution is 0.246. The third-order valence-corrected chi connectivity index (χ3v) is 3.75. The zero-order chi connectivity index (χ0) is 12.3. The van der Waals surface area contributed by atoms with Gasteiger partial charge in [-0.2, -0.15) is 0 Å². The molecule has 0 spiro atoms. The highest BCUT2D eigenvalue weighted by Crippen LogP contribution is 2.36. The molecule has 0 bridgehead atoms. The lowest BCUT2D eigenvalue weighted by Gasteiger charge is -2.31. The summed E-state index contributed by atoms with van der Waals surface area (Å²) in [6, 6.07) is 7.09. The first kappa shape index (κ1) is 12.6. The van der Waals surface area contributed by atoms with Crippen LogP contribution in [0.4, 0.5) is 4.39 Å². The summed E-state index contributed by atoms with van der Waals surface area (Å²) >= 11 is 0. The van der Waals surface area contributed by atoms with Gasteiger partial charge in [0.2, 0.25) is 0 Å². The Bertz CT molecular complexity index is 344. The number of nitrogens with zero attached hydrogens (tertiary/aromatic N) is 1. The molecular weight excluding hydrogens is 213 g/mol. The summed E-state index contributed by atoms with van der Waals surface area (Å²) in [5.41, 5.74) is 1.31. The number of benzene rings is 1. The number of hydrogen-bond acceptors (Lipinski definition) is 1. The molecule has 0 saturated heterocycles. The standard InChI is InChI=1S/C15H22FN/c1-17(2)11-12-4-3-5-14(10-12)13-6-8-15(16)9-7-13/h6-9,12,14H,3-5,10-11H2,1-2H3/t12-,14-/m1/s1. The minimum absolute atomic E-state index is 0.130. The second kappa shape index (κ2) is 5.63. The topological polar surface area (TPSA) is 3.24 Å². The van der Waals surface area contributed by atoms with E-state index in [0.717, 1.165) is 5.92 Å². The summed E-state index contributed by atoms with van der Waals surface area (Å²) in [5, 5.41) is 0. The highest BCUT2D eigenvalue weighted by molar-refractivity contribution is 5.21. The quantitative estimate of drug-likeness (QED) is 0.773. The lowest BCUT2D eigenvalue weighted by Crippen LogP contribution is -2.25. The highest BCUT2D eigenvalue weighted by atomic mass is 19.1. The summed E-state index contributed by atoms with van der Waals surface area (Å²) in [4.78, 5) is 2.28. The fraction of sp³-hybridized carbons (Fsp3) is 0.600. The van der Waals surface area contributed by atoms with Crippen LogP contribution in [0.3, 0.4) is 0 Å². The molecule has 2 atom stereocenters. The Morgan fingerprint density at radius 2 is 1.88 bits per heavy atom. The van der Waals surface area contributed by atoms with Crippen LogP contribution < -0.4 is 0 Å². The predicted octanol–water partition coefficient (Wildman–Crippen LogP) is 3.66. The summed E-state index contributed by atoms with van der Waals surface area (Å²) in [7, 11) is 4.28. The first-order chi connectivity index (χ1) is 8.15. The van der Waals surface area contributed by atoms with Gasteiger partial charge in [0.05, 0.1) is 0 Å². The van der Waals surface area contributed by atoms with E-state index in [-0.39, 0.29) is 5.82 Å². The summed E-state index contributed by atoms with van der Waals surface area (Å²) < 4.78 is 12.9. The van der Waals surface area contributed by atoms with Crippen molar-refractivity contribution < 1.29 is 4.39 Å². The van der Waals surface area contributed by atoms with Gasteiger partial charge in [-0.25, -0.2) is 4.39 Å². The van der Waals surface area contributed by atoms with E-state index in [4.69, 9.17) is 0 Å². The fourth-order valence-electron chi connectivity index (χ4n) is 3.01.